The quantitative estimate of drug-likeness (QED) is 0.461. The van der Waals surface area contributed by atoms with Crippen molar-refractivity contribution < 1.29 is 4.74 Å². The van der Waals surface area contributed by atoms with Crippen molar-refractivity contribution in [1.29, 1.82) is 0 Å². The number of nitrogens with one attached hydrogen (secondary N) is 2. The highest BCUT2D eigenvalue weighted by Gasteiger charge is 2.07. The SMILES string of the molecule is CN=C(NCC(C)Oc1ccccc1C)NC(C)C.I. The van der Waals surface area contributed by atoms with Gasteiger partial charge in [0.1, 0.15) is 11.9 Å². The molecule has 0 fully saturated rings. The molecule has 0 saturated heterocycles. The van der Waals surface area contributed by atoms with Crippen LogP contribution in [0.15, 0.2) is 29.3 Å². The zero-order valence-electron chi connectivity index (χ0n) is 12.9. The Morgan fingerprint density at radius 3 is 2.45 bits per heavy atom. The fourth-order valence-corrected chi connectivity index (χ4v) is 1.66. The average molecular weight is 391 g/mol. The summed E-state index contributed by atoms with van der Waals surface area (Å²) < 4.78 is 5.90. The Morgan fingerprint density at radius 2 is 1.90 bits per heavy atom. The van der Waals surface area contributed by atoms with Crippen molar-refractivity contribution >= 4 is 29.9 Å². The maximum absolute atomic E-state index is 5.90. The van der Waals surface area contributed by atoms with E-state index in [0.29, 0.717) is 12.6 Å². The third kappa shape index (κ3) is 6.98. The van der Waals surface area contributed by atoms with Crippen LogP contribution in [0.1, 0.15) is 26.3 Å². The van der Waals surface area contributed by atoms with Crippen LogP contribution in [0.25, 0.3) is 0 Å². The average Bonchev–Trinajstić information content (AvgIpc) is 2.37. The fraction of sp³-hybridized carbons (Fsp3) is 0.533. The van der Waals surface area contributed by atoms with Gasteiger partial charge in [0.25, 0.3) is 0 Å². The van der Waals surface area contributed by atoms with E-state index >= 15 is 0 Å². The predicted octanol–water partition coefficient (Wildman–Crippen LogP) is 2.95. The Balaban J connectivity index is 0.00000361. The summed E-state index contributed by atoms with van der Waals surface area (Å²) in [6, 6.07) is 8.40. The van der Waals surface area contributed by atoms with Gasteiger partial charge in [0.15, 0.2) is 5.96 Å². The number of aryl methyl sites for hydroxylation is 1. The van der Waals surface area contributed by atoms with Gasteiger partial charge in [-0.25, -0.2) is 0 Å². The lowest BCUT2D eigenvalue weighted by Gasteiger charge is -2.19. The van der Waals surface area contributed by atoms with Crippen LogP contribution in [0, 0.1) is 6.92 Å². The van der Waals surface area contributed by atoms with Gasteiger partial charge in [-0.2, -0.15) is 0 Å². The van der Waals surface area contributed by atoms with Gasteiger partial charge in [-0.05, 0) is 39.3 Å². The minimum absolute atomic E-state index is 0. The van der Waals surface area contributed by atoms with E-state index in [-0.39, 0.29) is 30.1 Å². The van der Waals surface area contributed by atoms with Gasteiger partial charge in [-0.3, -0.25) is 4.99 Å². The number of ether oxygens (including phenoxy) is 1. The van der Waals surface area contributed by atoms with E-state index in [0.717, 1.165) is 17.3 Å². The standard InChI is InChI=1S/C15H25N3O.HI/c1-11(2)18-15(16-5)17-10-13(4)19-14-9-7-6-8-12(14)3;/h6-9,11,13H,10H2,1-5H3,(H2,16,17,18);1H. The molecule has 0 radical (unpaired) electrons. The van der Waals surface area contributed by atoms with Crippen LogP contribution in [-0.2, 0) is 0 Å². The number of hydrogen-bond donors (Lipinski definition) is 2. The lowest BCUT2D eigenvalue weighted by atomic mass is 10.2. The molecule has 4 nitrogen and oxygen atoms in total. The second-order valence-electron chi connectivity index (χ2n) is 4.95. The molecule has 0 heterocycles. The van der Waals surface area contributed by atoms with Crippen LogP contribution in [0.2, 0.25) is 0 Å². The topological polar surface area (TPSA) is 45.7 Å². The third-order valence-electron chi connectivity index (χ3n) is 2.63. The van der Waals surface area contributed by atoms with E-state index in [1.807, 2.05) is 25.1 Å². The molecule has 0 amide bonds. The molecule has 0 aliphatic rings. The van der Waals surface area contributed by atoms with Crippen molar-refractivity contribution in [3.05, 3.63) is 29.8 Å². The van der Waals surface area contributed by atoms with Crippen LogP contribution in [0.5, 0.6) is 5.75 Å². The molecular formula is C15H26IN3O. The smallest absolute Gasteiger partial charge is 0.191 e. The van der Waals surface area contributed by atoms with Crippen molar-refractivity contribution in [2.45, 2.75) is 39.8 Å². The zero-order chi connectivity index (χ0) is 14.3. The number of hydrogen-bond acceptors (Lipinski definition) is 2. The molecule has 114 valence electrons. The van der Waals surface area contributed by atoms with Gasteiger partial charge in [-0.1, -0.05) is 18.2 Å². The van der Waals surface area contributed by atoms with E-state index in [9.17, 15) is 0 Å². The van der Waals surface area contributed by atoms with Crippen LogP contribution >= 0.6 is 24.0 Å². The zero-order valence-corrected chi connectivity index (χ0v) is 15.3. The van der Waals surface area contributed by atoms with Gasteiger partial charge in [0.05, 0.1) is 6.54 Å². The first-order valence-corrected chi connectivity index (χ1v) is 6.72. The second kappa shape index (κ2) is 9.85. The molecule has 1 aromatic carbocycles. The van der Waals surface area contributed by atoms with Crippen molar-refractivity contribution in [3.8, 4) is 5.75 Å². The molecule has 2 N–H and O–H groups in total. The minimum atomic E-state index is 0. The van der Waals surface area contributed by atoms with Gasteiger partial charge in [-0.15, -0.1) is 24.0 Å². The summed E-state index contributed by atoms with van der Waals surface area (Å²) in [6.45, 7) is 8.97. The molecule has 0 aliphatic carbocycles. The number of guanidine groups is 1. The molecule has 0 saturated carbocycles. The highest BCUT2D eigenvalue weighted by atomic mass is 127. The summed E-state index contributed by atoms with van der Waals surface area (Å²) in [5.74, 6) is 1.74. The number of halogens is 1. The Morgan fingerprint density at radius 1 is 1.25 bits per heavy atom. The minimum Gasteiger partial charge on any atom is -0.489 e. The summed E-state index contributed by atoms with van der Waals surface area (Å²) in [7, 11) is 1.77. The second-order valence-corrected chi connectivity index (χ2v) is 4.95. The maximum Gasteiger partial charge on any atom is 0.191 e. The Labute approximate surface area is 139 Å². The largest absolute Gasteiger partial charge is 0.489 e. The first kappa shape index (κ1) is 19.0. The molecule has 1 unspecified atom stereocenters. The summed E-state index contributed by atoms with van der Waals surface area (Å²) >= 11 is 0. The number of rotatable bonds is 5. The van der Waals surface area contributed by atoms with E-state index < -0.39 is 0 Å². The van der Waals surface area contributed by atoms with Gasteiger partial charge < -0.3 is 15.4 Å². The van der Waals surface area contributed by atoms with Crippen LogP contribution in [0.3, 0.4) is 0 Å². The third-order valence-corrected chi connectivity index (χ3v) is 2.63. The highest BCUT2D eigenvalue weighted by Crippen LogP contribution is 2.17. The number of aliphatic imine (C=N–C) groups is 1. The van der Waals surface area contributed by atoms with Crippen LogP contribution in [0.4, 0.5) is 0 Å². The summed E-state index contributed by atoms with van der Waals surface area (Å²) in [5.41, 5.74) is 1.15. The monoisotopic (exact) mass is 391 g/mol. The molecule has 0 spiro atoms. The number of nitrogens with zero attached hydrogens (tertiary/aromatic N) is 1. The predicted molar refractivity (Wildman–Crippen MR) is 96.3 cm³/mol. The maximum atomic E-state index is 5.90. The summed E-state index contributed by atoms with van der Waals surface area (Å²) in [6.07, 6.45) is 0.0758. The van der Waals surface area contributed by atoms with E-state index in [2.05, 4.69) is 42.5 Å². The highest BCUT2D eigenvalue weighted by molar-refractivity contribution is 14.0. The molecule has 20 heavy (non-hydrogen) atoms. The molecule has 1 aromatic rings. The van der Waals surface area contributed by atoms with Gasteiger partial charge >= 0.3 is 0 Å². The van der Waals surface area contributed by atoms with Crippen molar-refractivity contribution in [3.63, 3.8) is 0 Å². The normalized spacial score (nSPS) is 12.6. The van der Waals surface area contributed by atoms with Crippen LogP contribution < -0.4 is 15.4 Å². The Bertz CT molecular complexity index is 421. The summed E-state index contributed by atoms with van der Waals surface area (Å²) in [4.78, 5) is 4.16. The van der Waals surface area contributed by atoms with Crippen molar-refractivity contribution in [1.82, 2.24) is 10.6 Å². The van der Waals surface area contributed by atoms with Crippen molar-refractivity contribution in [2.75, 3.05) is 13.6 Å². The molecule has 0 bridgehead atoms. The van der Waals surface area contributed by atoms with Crippen molar-refractivity contribution in [2.24, 2.45) is 4.99 Å². The molecule has 1 atom stereocenters. The molecule has 5 heteroatoms. The molecular weight excluding hydrogens is 365 g/mol. The first-order chi connectivity index (χ1) is 9.02. The molecule has 0 aliphatic heterocycles. The number of para-hydroxylation sites is 1. The summed E-state index contributed by atoms with van der Waals surface area (Å²) in [5, 5.41) is 6.50. The lowest BCUT2D eigenvalue weighted by Crippen LogP contribution is -2.44. The fourth-order valence-electron chi connectivity index (χ4n) is 1.66. The molecule has 1 rings (SSSR count). The van der Waals surface area contributed by atoms with E-state index in [1.165, 1.54) is 0 Å². The lowest BCUT2D eigenvalue weighted by molar-refractivity contribution is 0.222. The Kier molecular flexibility index (Phi) is 9.37. The van der Waals surface area contributed by atoms with Gasteiger partial charge in [0, 0.05) is 13.1 Å². The first-order valence-electron chi connectivity index (χ1n) is 6.72. The molecule has 0 aromatic heterocycles. The Hall–Kier alpha value is -0.980. The van der Waals surface area contributed by atoms with Crippen LogP contribution in [-0.4, -0.2) is 31.7 Å². The van der Waals surface area contributed by atoms with E-state index in [1.54, 1.807) is 7.05 Å². The number of benzene rings is 1. The van der Waals surface area contributed by atoms with Gasteiger partial charge in [0.2, 0.25) is 0 Å². The van der Waals surface area contributed by atoms with E-state index in [4.69, 9.17) is 4.74 Å².